The van der Waals surface area contributed by atoms with E-state index in [1.807, 2.05) is 19.1 Å². The van der Waals surface area contributed by atoms with E-state index in [9.17, 15) is 4.79 Å². The van der Waals surface area contributed by atoms with Crippen LogP contribution in [0.4, 0.5) is 0 Å². The maximum Gasteiger partial charge on any atom is 0.220 e. The molecule has 1 aromatic rings. The third kappa shape index (κ3) is 5.83. The fraction of sp³-hybridized carbons (Fsp3) is 0.600. The summed E-state index contributed by atoms with van der Waals surface area (Å²) >= 11 is 0. The molecule has 0 fully saturated rings. The standard InChI is InChI=1S/C15H25N3O/c1-11(2)7-13(9-16)8-15(19)18-12(3)14-5-4-6-17-10-14/h4-6,10-13H,7-9,16H2,1-3H3,(H,18,19)/t12-,13?/m0/s1. The van der Waals surface area contributed by atoms with Gasteiger partial charge < -0.3 is 11.1 Å². The van der Waals surface area contributed by atoms with Crippen LogP contribution in [0.15, 0.2) is 24.5 Å². The molecular weight excluding hydrogens is 238 g/mol. The third-order valence-electron chi connectivity index (χ3n) is 3.17. The van der Waals surface area contributed by atoms with Crippen LogP contribution in [0.3, 0.4) is 0 Å². The van der Waals surface area contributed by atoms with Crippen LogP contribution < -0.4 is 11.1 Å². The molecule has 1 amide bonds. The van der Waals surface area contributed by atoms with Crippen molar-refractivity contribution in [2.75, 3.05) is 6.54 Å². The molecule has 1 heterocycles. The van der Waals surface area contributed by atoms with Gasteiger partial charge in [-0.15, -0.1) is 0 Å². The zero-order chi connectivity index (χ0) is 14.3. The van der Waals surface area contributed by atoms with E-state index in [1.165, 1.54) is 0 Å². The van der Waals surface area contributed by atoms with Gasteiger partial charge in [0.2, 0.25) is 5.91 Å². The van der Waals surface area contributed by atoms with E-state index in [4.69, 9.17) is 5.73 Å². The number of hydrogen-bond acceptors (Lipinski definition) is 3. The van der Waals surface area contributed by atoms with Crippen LogP contribution in [-0.4, -0.2) is 17.4 Å². The predicted octanol–water partition coefficient (Wildman–Crippen LogP) is 2.27. The molecule has 0 spiro atoms. The lowest BCUT2D eigenvalue weighted by Crippen LogP contribution is -2.30. The van der Waals surface area contributed by atoms with Crippen molar-refractivity contribution in [2.45, 2.75) is 39.7 Å². The Bertz CT molecular complexity index is 378. The van der Waals surface area contributed by atoms with E-state index in [-0.39, 0.29) is 17.9 Å². The number of carbonyl (C=O) groups excluding carboxylic acids is 1. The largest absolute Gasteiger partial charge is 0.350 e. The Balaban J connectivity index is 2.46. The molecule has 19 heavy (non-hydrogen) atoms. The minimum Gasteiger partial charge on any atom is -0.350 e. The highest BCUT2D eigenvalue weighted by atomic mass is 16.1. The maximum atomic E-state index is 12.0. The summed E-state index contributed by atoms with van der Waals surface area (Å²) in [5.41, 5.74) is 6.74. The Morgan fingerprint density at radius 1 is 1.42 bits per heavy atom. The second kappa shape index (κ2) is 7.89. The van der Waals surface area contributed by atoms with Gasteiger partial charge in [0, 0.05) is 18.8 Å². The van der Waals surface area contributed by atoms with Gasteiger partial charge in [-0.05, 0) is 43.4 Å². The summed E-state index contributed by atoms with van der Waals surface area (Å²) in [7, 11) is 0. The average molecular weight is 263 g/mol. The fourth-order valence-corrected chi connectivity index (χ4v) is 2.21. The van der Waals surface area contributed by atoms with Crippen LogP contribution in [0, 0.1) is 11.8 Å². The Morgan fingerprint density at radius 3 is 2.68 bits per heavy atom. The monoisotopic (exact) mass is 263 g/mol. The molecule has 1 rings (SSSR count). The lowest BCUT2D eigenvalue weighted by atomic mass is 9.94. The number of nitrogens with one attached hydrogen (secondary N) is 1. The molecule has 0 aliphatic rings. The van der Waals surface area contributed by atoms with E-state index in [2.05, 4.69) is 24.1 Å². The van der Waals surface area contributed by atoms with Crippen LogP contribution in [-0.2, 0) is 4.79 Å². The molecule has 2 atom stereocenters. The first-order chi connectivity index (χ1) is 9.02. The molecular formula is C15H25N3O. The highest BCUT2D eigenvalue weighted by Gasteiger charge is 2.16. The van der Waals surface area contributed by atoms with E-state index in [1.54, 1.807) is 12.4 Å². The van der Waals surface area contributed by atoms with Crippen molar-refractivity contribution in [1.29, 1.82) is 0 Å². The zero-order valence-electron chi connectivity index (χ0n) is 12.1. The number of rotatable bonds is 7. The molecule has 1 aromatic heterocycles. The molecule has 0 saturated heterocycles. The van der Waals surface area contributed by atoms with E-state index in [0.717, 1.165) is 12.0 Å². The van der Waals surface area contributed by atoms with Gasteiger partial charge in [0.1, 0.15) is 0 Å². The molecule has 0 aliphatic carbocycles. The first-order valence-corrected chi connectivity index (χ1v) is 6.92. The summed E-state index contributed by atoms with van der Waals surface area (Å²) in [5.74, 6) is 0.894. The first-order valence-electron chi connectivity index (χ1n) is 6.92. The molecule has 3 N–H and O–H groups in total. The van der Waals surface area contributed by atoms with Gasteiger partial charge in [-0.25, -0.2) is 0 Å². The number of carbonyl (C=O) groups is 1. The van der Waals surface area contributed by atoms with E-state index < -0.39 is 0 Å². The normalized spacial score (nSPS) is 14.2. The topological polar surface area (TPSA) is 68.0 Å². The van der Waals surface area contributed by atoms with Crippen molar-refractivity contribution in [3.8, 4) is 0 Å². The highest BCUT2D eigenvalue weighted by molar-refractivity contribution is 5.76. The van der Waals surface area contributed by atoms with Gasteiger partial charge in [0.05, 0.1) is 6.04 Å². The van der Waals surface area contributed by atoms with Gasteiger partial charge in [-0.3, -0.25) is 9.78 Å². The molecule has 0 aromatic carbocycles. The van der Waals surface area contributed by atoms with Crippen molar-refractivity contribution in [3.05, 3.63) is 30.1 Å². The van der Waals surface area contributed by atoms with Gasteiger partial charge in [-0.1, -0.05) is 19.9 Å². The molecule has 1 unspecified atom stereocenters. The quantitative estimate of drug-likeness (QED) is 0.793. The summed E-state index contributed by atoms with van der Waals surface area (Å²) in [6.07, 6.45) is 5.00. The van der Waals surface area contributed by atoms with Crippen LogP contribution in [0.25, 0.3) is 0 Å². The summed E-state index contributed by atoms with van der Waals surface area (Å²) in [6, 6.07) is 3.82. The van der Waals surface area contributed by atoms with Crippen LogP contribution in [0.2, 0.25) is 0 Å². The smallest absolute Gasteiger partial charge is 0.220 e. The Kier molecular flexibility index (Phi) is 6.50. The van der Waals surface area contributed by atoms with E-state index >= 15 is 0 Å². The van der Waals surface area contributed by atoms with Crippen molar-refractivity contribution >= 4 is 5.91 Å². The molecule has 4 nitrogen and oxygen atoms in total. The first kappa shape index (κ1) is 15.6. The number of nitrogens with zero attached hydrogens (tertiary/aromatic N) is 1. The van der Waals surface area contributed by atoms with Crippen LogP contribution >= 0.6 is 0 Å². The van der Waals surface area contributed by atoms with Crippen molar-refractivity contribution < 1.29 is 4.79 Å². The Morgan fingerprint density at radius 2 is 2.16 bits per heavy atom. The van der Waals surface area contributed by atoms with Gasteiger partial charge in [-0.2, -0.15) is 0 Å². The van der Waals surface area contributed by atoms with Crippen molar-refractivity contribution in [2.24, 2.45) is 17.6 Å². The SMILES string of the molecule is CC(C)CC(CN)CC(=O)N[C@@H](C)c1cccnc1. The molecule has 0 saturated carbocycles. The minimum absolute atomic E-state index is 0.0151. The second-order valence-electron chi connectivity index (χ2n) is 5.51. The molecule has 0 bridgehead atoms. The summed E-state index contributed by atoms with van der Waals surface area (Å²) in [6.45, 7) is 6.83. The van der Waals surface area contributed by atoms with Crippen molar-refractivity contribution in [3.63, 3.8) is 0 Å². The third-order valence-corrected chi connectivity index (χ3v) is 3.17. The van der Waals surface area contributed by atoms with E-state index in [0.29, 0.717) is 18.9 Å². The summed E-state index contributed by atoms with van der Waals surface area (Å²) < 4.78 is 0. The van der Waals surface area contributed by atoms with Crippen LogP contribution in [0.1, 0.15) is 45.2 Å². The highest BCUT2D eigenvalue weighted by Crippen LogP contribution is 2.16. The number of aromatic nitrogens is 1. The van der Waals surface area contributed by atoms with Gasteiger partial charge >= 0.3 is 0 Å². The van der Waals surface area contributed by atoms with Crippen molar-refractivity contribution in [1.82, 2.24) is 10.3 Å². The number of pyridine rings is 1. The maximum absolute atomic E-state index is 12.0. The second-order valence-corrected chi connectivity index (χ2v) is 5.51. The van der Waals surface area contributed by atoms with Crippen LogP contribution in [0.5, 0.6) is 0 Å². The number of hydrogen-bond donors (Lipinski definition) is 2. The zero-order valence-corrected chi connectivity index (χ0v) is 12.1. The van der Waals surface area contributed by atoms with Gasteiger partial charge in [0.25, 0.3) is 0 Å². The molecule has 0 aliphatic heterocycles. The average Bonchev–Trinajstić information content (AvgIpc) is 2.38. The lowest BCUT2D eigenvalue weighted by Gasteiger charge is -2.19. The minimum atomic E-state index is -0.0151. The summed E-state index contributed by atoms with van der Waals surface area (Å²) in [4.78, 5) is 16.0. The predicted molar refractivity (Wildman–Crippen MR) is 77.4 cm³/mol. The molecule has 0 radical (unpaired) electrons. The fourth-order valence-electron chi connectivity index (χ4n) is 2.21. The molecule has 106 valence electrons. The lowest BCUT2D eigenvalue weighted by molar-refractivity contribution is -0.122. The number of nitrogens with two attached hydrogens (primary N) is 1. The Hall–Kier alpha value is -1.42. The molecule has 4 heteroatoms. The van der Waals surface area contributed by atoms with Gasteiger partial charge in [0.15, 0.2) is 0 Å². The number of amides is 1. The summed E-state index contributed by atoms with van der Waals surface area (Å²) in [5, 5.41) is 3.00. The Labute approximate surface area is 115 Å².